The number of nitro groups is 1. The Balaban J connectivity index is 2.27. The van der Waals surface area contributed by atoms with E-state index in [4.69, 9.17) is 11.6 Å². The van der Waals surface area contributed by atoms with E-state index in [1.807, 2.05) is 12.1 Å². The van der Waals surface area contributed by atoms with Crippen molar-refractivity contribution in [3.05, 3.63) is 54.1 Å². The van der Waals surface area contributed by atoms with E-state index in [1.54, 1.807) is 12.3 Å². The van der Waals surface area contributed by atoms with E-state index in [0.29, 0.717) is 5.69 Å². The lowest BCUT2D eigenvalue weighted by Crippen LogP contribution is -1.88. The number of hydrogen-bond donors (Lipinski definition) is 0. The van der Waals surface area contributed by atoms with Gasteiger partial charge in [0.05, 0.1) is 14.4 Å². The van der Waals surface area contributed by atoms with Gasteiger partial charge in [-0.3, -0.25) is 15.1 Å². The second-order valence-corrected chi connectivity index (χ2v) is 6.19. The number of benzene rings is 1. The fourth-order valence-electron chi connectivity index (χ4n) is 1.26. The number of nitrogens with zero attached hydrogens (tertiary/aromatic N) is 2. The number of halogens is 2. The zero-order valence-electron chi connectivity index (χ0n) is 8.84. The average Bonchev–Trinajstić information content (AvgIpc) is 2.74. The van der Waals surface area contributed by atoms with E-state index in [0.717, 1.165) is 8.66 Å². The first-order valence-corrected chi connectivity index (χ1v) is 6.78. The van der Waals surface area contributed by atoms with Gasteiger partial charge in [-0.2, -0.15) is 0 Å². The lowest BCUT2D eigenvalue weighted by molar-refractivity contribution is -0.384. The molecule has 0 radical (unpaired) electrons. The van der Waals surface area contributed by atoms with Crippen molar-refractivity contribution < 1.29 is 4.92 Å². The van der Waals surface area contributed by atoms with Crippen LogP contribution in [0.3, 0.4) is 0 Å². The van der Waals surface area contributed by atoms with E-state index in [-0.39, 0.29) is 10.7 Å². The molecule has 18 heavy (non-hydrogen) atoms. The minimum atomic E-state index is -0.525. The average molecular weight is 346 g/mol. The Labute approximate surface area is 120 Å². The highest BCUT2D eigenvalue weighted by atomic mass is 79.9. The van der Waals surface area contributed by atoms with Crippen LogP contribution in [0.4, 0.5) is 11.4 Å². The normalized spacial score (nSPS) is 11.0. The van der Waals surface area contributed by atoms with Crippen molar-refractivity contribution in [2.45, 2.75) is 0 Å². The van der Waals surface area contributed by atoms with Crippen LogP contribution in [0.25, 0.3) is 0 Å². The number of hydrogen-bond acceptors (Lipinski definition) is 4. The maximum absolute atomic E-state index is 10.7. The first-order chi connectivity index (χ1) is 8.56. The van der Waals surface area contributed by atoms with Crippen LogP contribution in [0.1, 0.15) is 4.88 Å². The van der Waals surface area contributed by atoms with Gasteiger partial charge < -0.3 is 0 Å². The zero-order chi connectivity index (χ0) is 13.1. The summed E-state index contributed by atoms with van der Waals surface area (Å²) in [7, 11) is 0. The SMILES string of the molecule is O=[N+]([O-])c1cc(N=Cc2ccc(Br)s2)ccc1Cl. The van der Waals surface area contributed by atoms with Gasteiger partial charge in [-0.1, -0.05) is 11.6 Å². The minimum Gasteiger partial charge on any atom is -0.258 e. The van der Waals surface area contributed by atoms with E-state index in [9.17, 15) is 10.1 Å². The number of thiophene rings is 1. The first-order valence-electron chi connectivity index (χ1n) is 4.79. The minimum absolute atomic E-state index is 0.109. The molecule has 0 fully saturated rings. The van der Waals surface area contributed by atoms with Crippen LogP contribution in [0.5, 0.6) is 0 Å². The standard InChI is InChI=1S/C11H6BrClN2O2S/c12-11-4-2-8(18-11)6-14-7-1-3-9(13)10(5-7)15(16)17/h1-6H. The van der Waals surface area contributed by atoms with E-state index >= 15 is 0 Å². The zero-order valence-corrected chi connectivity index (χ0v) is 12.0. The third-order valence-electron chi connectivity index (χ3n) is 2.06. The maximum atomic E-state index is 10.7. The summed E-state index contributed by atoms with van der Waals surface area (Å²) in [5, 5.41) is 10.8. The molecule has 0 saturated heterocycles. The molecule has 1 aromatic carbocycles. The topological polar surface area (TPSA) is 55.5 Å². The smallest absolute Gasteiger partial charge is 0.258 e. The highest BCUT2D eigenvalue weighted by Gasteiger charge is 2.12. The summed E-state index contributed by atoms with van der Waals surface area (Å²) >= 11 is 10.6. The molecule has 0 aliphatic heterocycles. The fraction of sp³-hybridized carbons (Fsp3) is 0. The predicted molar refractivity (Wildman–Crippen MR) is 77.4 cm³/mol. The Kier molecular flexibility index (Phi) is 4.11. The van der Waals surface area contributed by atoms with Gasteiger partial charge in [0, 0.05) is 17.2 Å². The Hall–Kier alpha value is -1.24. The fourth-order valence-corrected chi connectivity index (χ4v) is 2.74. The summed E-state index contributed by atoms with van der Waals surface area (Å²) in [6, 6.07) is 8.27. The van der Waals surface area contributed by atoms with Crippen molar-refractivity contribution in [1.29, 1.82) is 0 Å². The highest BCUT2D eigenvalue weighted by Crippen LogP contribution is 2.29. The molecule has 2 rings (SSSR count). The molecule has 0 aliphatic rings. The molecule has 0 spiro atoms. The van der Waals surface area contributed by atoms with E-state index in [2.05, 4.69) is 20.9 Å². The molecule has 0 aliphatic carbocycles. The van der Waals surface area contributed by atoms with Crippen molar-refractivity contribution in [1.82, 2.24) is 0 Å². The summed E-state index contributed by atoms with van der Waals surface area (Å²) in [6.45, 7) is 0. The van der Waals surface area contributed by atoms with E-state index < -0.39 is 4.92 Å². The van der Waals surface area contributed by atoms with Crippen molar-refractivity contribution in [3.8, 4) is 0 Å². The summed E-state index contributed by atoms with van der Waals surface area (Å²) in [5.41, 5.74) is 0.356. The van der Waals surface area contributed by atoms with Gasteiger partial charge >= 0.3 is 0 Å². The quantitative estimate of drug-likeness (QED) is 0.455. The third-order valence-corrected chi connectivity index (χ3v) is 3.94. The van der Waals surface area contributed by atoms with Crippen LogP contribution in [0, 0.1) is 10.1 Å². The lowest BCUT2D eigenvalue weighted by atomic mass is 10.3. The first kappa shape index (κ1) is 13.2. The number of nitro benzene ring substituents is 1. The second-order valence-electron chi connectivity index (χ2n) is 3.29. The molecular weight excluding hydrogens is 340 g/mol. The van der Waals surface area contributed by atoms with Gasteiger partial charge in [-0.05, 0) is 40.2 Å². The van der Waals surface area contributed by atoms with Gasteiger partial charge in [0.2, 0.25) is 0 Å². The molecule has 1 aromatic heterocycles. The van der Waals surface area contributed by atoms with Gasteiger partial charge in [0.15, 0.2) is 0 Å². The van der Waals surface area contributed by atoms with Crippen molar-refractivity contribution in [2.75, 3.05) is 0 Å². The molecule has 0 atom stereocenters. The Bertz CT molecular complexity index is 627. The van der Waals surface area contributed by atoms with Gasteiger partial charge in [-0.15, -0.1) is 11.3 Å². The molecular formula is C11H6BrClN2O2S. The Morgan fingerprint density at radius 3 is 2.78 bits per heavy atom. The van der Waals surface area contributed by atoms with Crippen LogP contribution < -0.4 is 0 Å². The molecule has 2 aromatic rings. The number of rotatable bonds is 3. The molecule has 92 valence electrons. The van der Waals surface area contributed by atoms with Crippen LogP contribution in [0.2, 0.25) is 5.02 Å². The predicted octanol–water partition coefficient (Wildman–Crippen LogP) is 4.82. The van der Waals surface area contributed by atoms with Crippen molar-refractivity contribution >= 4 is 56.5 Å². The molecule has 0 bridgehead atoms. The number of aliphatic imine (C=N–C) groups is 1. The van der Waals surface area contributed by atoms with Gasteiger partial charge in [0.1, 0.15) is 5.02 Å². The van der Waals surface area contributed by atoms with E-state index in [1.165, 1.54) is 23.5 Å². The largest absolute Gasteiger partial charge is 0.290 e. The third kappa shape index (κ3) is 3.16. The molecule has 0 unspecified atom stereocenters. The molecule has 0 N–H and O–H groups in total. The highest BCUT2D eigenvalue weighted by molar-refractivity contribution is 9.11. The van der Waals surface area contributed by atoms with Crippen LogP contribution in [-0.4, -0.2) is 11.1 Å². The molecule has 4 nitrogen and oxygen atoms in total. The molecule has 0 saturated carbocycles. The molecule has 1 heterocycles. The van der Waals surface area contributed by atoms with Gasteiger partial charge in [-0.25, -0.2) is 0 Å². The lowest BCUT2D eigenvalue weighted by Gasteiger charge is -1.96. The Morgan fingerprint density at radius 2 is 2.17 bits per heavy atom. The van der Waals surface area contributed by atoms with Crippen molar-refractivity contribution in [2.24, 2.45) is 4.99 Å². The van der Waals surface area contributed by atoms with Gasteiger partial charge in [0.25, 0.3) is 5.69 Å². The van der Waals surface area contributed by atoms with Crippen molar-refractivity contribution in [3.63, 3.8) is 0 Å². The summed E-state index contributed by atoms with van der Waals surface area (Å²) in [6.07, 6.45) is 1.66. The maximum Gasteiger partial charge on any atom is 0.290 e. The second kappa shape index (κ2) is 5.60. The van der Waals surface area contributed by atoms with Crippen LogP contribution >= 0.6 is 38.9 Å². The molecule has 0 amide bonds. The van der Waals surface area contributed by atoms with Crippen LogP contribution in [-0.2, 0) is 0 Å². The molecule has 7 heteroatoms. The Morgan fingerprint density at radius 1 is 1.39 bits per heavy atom. The summed E-state index contributed by atoms with van der Waals surface area (Å²) < 4.78 is 1.01. The monoisotopic (exact) mass is 344 g/mol. The summed E-state index contributed by atoms with van der Waals surface area (Å²) in [5.74, 6) is 0. The summed E-state index contributed by atoms with van der Waals surface area (Å²) in [4.78, 5) is 15.3. The van der Waals surface area contributed by atoms with Crippen LogP contribution in [0.15, 0.2) is 39.1 Å².